The van der Waals surface area contributed by atoms with Crippen LogP contribution in [0, 0.1) is 0 Å². The Morgan fingerprint density at radius 3 is 1.41 bits per heavy atom. The van der Waals surface area contributed by atoms with Crippen molar-refractivity contribution < 1.29 is 0 Å². The third-order valence-electron chi connectivity index (χ3n) is 17.0. The van der Waals surface area contributed by atoms with E-state index in [1.54, 1.807) is 0 Å². The number of nitrogens with zero attached hydrogens (tertiary/aromatic N) is 3. The van der Waals surface area contributed by atoms with Crippen molar-refractivity contribution in [1.29, 1.82) is 0 Å². The second-order valence-electron chi connectivity index (χ2n) is 25.5. The minimum absolute atomic E-state index is 0.00000383. The summed E-state index contributed by atoms with van der Waals surface area (Å²) in [4.78, 5) is 7.76. The molecular formula is C76H66BN3S. The van der Waals surface area contributed by atoms with E-state index in [2.05, 4.69) is 314 Å². The SMILES string of the molecule is CC(C)(C)c1ccc(N2c3cc(N(c4ccc5ccccc5c4)c4ccc5ccccc5c4)c(-c4ccccc4)cc3B3c4sc5ccc(C(C)(C)C)cc5c4N(c4ccc(C(C)(C)C)cc4)c4cc(-c5ccccc5)cc2c43)cc1. The van der Waals surface area contributed by atoms with Crippen molar-refractivity contribution in [3.63, 3.8) is 0 Å². The van der Waals surface area contributed by atoms with Crippen LogP contribution in [-0.2, 0) is 16.2 Å². The molecule has 0 saturated heterocycles. The van der Waals surface area contributed by atoms with Gasteiger partial charge in [-0.05, 0) is 161 Å². The Kier molecular flexibility index (Phi) is 11.9. The van der Waals surface area contributed by atoms with Crippen LogP contribution in [0.3, 0.4) is 0 Å². The lowest BCUT2D eigenvalue weighted by Crippen LogP contribution is -2.60. The molecule has 0 radical (unpaired) electrons. The highest BCUT2D eigenvalue weighted by Crippen LogP contribution is 2.53. The van der Waals surface area contributed by atoms with Gasteiger partial charge in [0, 0.05) is 60.2 Å². The molecule has 81 heavy (non-hydrogen) atoms. The summed E-state index contributed by atoms with van der Waals surface area (Å²) in [5.74, 6) is 0. The molecule has 0 fully saturated rings. The Morgan fingerprint density at radius 2 is 0.864 bits per heavy atom. The first kappa shape index (κ1) is 50.6. The second kappa shape index (κ2) is 19.0. The molecule has 0 N–H and O–H groups in total. The fourth-order valence-corrected chi connectivity index (χ4v) is 13.9. The maximum absolute atomic E-state index is 2.63. The van der Waals surface area contributed by atoms with Crippen LogP contribution in [0.2, 0.25) is 0 Å². The van der Waals surface area contributed by atoms with Gasteiger partial charge in [-0.2, -0.15) is 0 Å². The monoisotopic (exact) mass is 1060 g/mol. The fraction of sp³-hybridized carbons (Fsp3) is 0.158. The van der Waals surface area contributed by atoms with Crippen molar-refractivity contribution in [2.24, 2.45) is 0 Å². The molecule has 0 unspecified atom stereocenters. The average Bonchev–Trinajstić information content (AvgIpc) is 4.11. The second-order valence-corrected chi connectivity index (χ2v) is 26.5. The van der Waals surface area contributed by atoms with Crippen LogP contribution in [0.1, 0.15) is 79.0 Å². The average molecular weight is 1060 g/mol. The van der Waals surface area contributed by atoms with Crippen LogP contribution in [0.25, 0.3) is 53.9 Å². The lowest BCUT2D eigenvalue weighted by molar-refractivity contribution is 0.590. The molecule has 5 heteroatoms. The first-order valence-corrected chi connectivity index (χ1v) is 29.5. The lowest BCUT2D eigenvalue weighted by atomic mass is 9.36. The van der Waals surface area contributed by atoms with E-state index in [0.717, 1.165) is 39.7 Å². The van der Waals surface area contributed by atoms with Crippen molar-refractivity contribution in [3.8, 4) is 22.3 Å². The van der Waals surface area contributed by atoms with E-state index < -0.39 is 0 Å². The van der Waals surface area contributed by atoms with E-state index in [1.807, 2.05) is 11.3 Å². The number of fused-ring (bicyclic) bond motifs is 8. The highest BCUT2D eigenvalue weighted by Gasteiger charge is 2.46. The number of anilines is 9. The topological polar surface area (TPSA) is 9.72 Å². The van der Waals surface area contributed by atoms with Gasteiger partial charge in [0.15, 0.2) is 0 Å². The van der Waals surface area contributed by atoms with Crippen molar-refractivity contribution in [1.82, 2.24) is 0 Å². The number of rotatable bonds is 7. The number of thiophene rings is 1. The van der Waals surface area contributed by atoms with Gasteiger partial charge in [-0.3, -0.25) is 0 Å². The molecule has 2 aliphatic rings. The summed E-state index contributed by atoms with van der Waals surface area (Å²) >= 11 is 1.97. The number of benzene rings is 11. The molecule has 0 spiro atoms. The first-order valence-electron chi connectivity index (χ1n) is 28.7. The smallest absolute Gasteiger partial charge is 0.264 e. The Bertz CT molecular complexity index is 4330. The van der Waals surface area contributed by atoms with E-state index >= 15 is 0 Å². The molecule has 0 amide bonds. The largest absolute Gasteiger partial charge is 0.311 e. The predicted octanol–water partition coefficient (Wildman–Crippen LogP) is 20.0. The van der Waals surface area contributed by atoms with Crippen LogP contribution in [0.15, 0.2) is 237 Å². The van der Waals surface area contributed by atoms with Crippen molar-refractivity contribution >= 4 is 117 Å². The van der Waals surface area contributed by atoms with Gasteiger partial charge >= 0.3 is 0 Å². The van der Waals surface area contributed by atoms with Crippen LogP contribution in [0.5, 0.6) is 0 Å². The van der Waals surface area contributed by atoms with E-state index in [-0.39, 0.29) is 23.0 Å². The third kappa shape index (κ3) is 8.73. The van der Waals surface area contributed by atoms with Gasteiger partial charge in [0.2, 0.25) is 0 Å². The predicted molar refractivity (Wildman–Crippen MR) is 353 cm³/mol. The third-order valence-corrected chi connectivity index (χ3v) is 18.3. The van der Waals surface area contributed by atoms with Crippen molar-refractivity contribution in [2.45, 2.75) is 78.6 Å². The van der Waals surface area contributed by atoms with Crippen molar-refractivity contribution in [3.05, 3.63) is 253 Å². The standard InChI is InChI=1S/C76H66BN3S/c1-74(2,3)56-30-37-59(38-31-56)79-67-48-66(78(61-35-28-50-22-16-18-26-53(50)42-61)62-36-29-51-23-17-19-27-54(51)43-62)63(52-24-14-11-15-25-52)47-65(67)77-71-68(79)44-55(49-20-12-10-13-21-49)45-69(71)80(60-39-32-57(33-40-60)75(4,5)6)72-64-46-58(76(7,8)9)34-41-70(64)81-73(72)77/h10-48H,1-9H3. The Morgan fingerprint density at radius 1 is 0.383 bits per heavy atom. The molecule has 1 aromatic heterocycles. The van der Waals surface area contributed by atoms with Crippen molar-refractivity contribution in [2.75, 3.05) is 14.7 Å². The molecule has 3 nitrogen and oxygen atoms in total. The lowest BCUT2D eigenvalue weighted by Gasteiger charge is -2.44. The highest BCUT2D eigenvalue weighted by atomic mass is 32.1. The molecule has 0 bridgehead atoms. The zero-order valence-corrected chi connectivity index (χ0v) is 48.7. The van der Waals surface area contributed by atoms with Crippen LogP contribution < -0.4 is 30.4 Å². The Labute approximate surface area is 482 Å². The summed E-state index contributed by atoms with van der Waals surface area (Å²) in [5.41, 5.74) is 21.5. The molecule has 2 aliphatic heterocycles. The van der Waals surface area contributed by atoms with E-state index in [9.17, 15) is 0 Å². The van der Waals surface area contributed by atoms with Gasteiger partial charge in [-0.25, -0.2) is 0 Å². The van der Waals surface area contributed by atoms with Crippen LogP contribution >= 0.6 is 11.3 Å². The summed E-state index contributed by atoms with van der Waals surface area (Å²) in [6.07, 6.45) is 0. The van der Waals surface area contributed by atoms with Crippen LogP contribution in [-0.4, -0.2) is 6.71 Å². The van der Waals surface area contributed by atoms with Gasteiger partial charge in [0.1, 0.15) is 0 Å². The molecule has 0 aliphatic carbocycles. The molecule has 3 heterocycles. The highest BCUT2D eigenvalue weighted by molar-refractivity contribution is 7.33. The van der Waals surface area contributed by atoms with Gasteiger partial charge in [0.05, 0.1) is 11.4 Å². The molecule has 11 aromatic carbocycles. The Hall–Kier alpha value is -8.64. The summed E-state index contributed by atoms with van der Waals surface area (Å²) in [6.45, 7) is 20.8. The molecule has 14 rings (SSSR count). The summed E-state index contributed by atoms with van der Waals surface area (Å²) in [7, 11) is 0. The van der Waals surface area contributed by atoms with Gasteiger partial charge in [0.25, 0.3) is 6.71 Å². The first-order chi connectivity index (χ1) is 39.0. The normalized spacial score (nSPS) is 13.2. The van der Waals surface area contributed by atoms with Crippen LogP contribution in [0.4, 0.5) is 51.2 Å². The number of hydrogen-bond donors (Lipinski definition) is 0. The van der Waals surface area contributed by atoms with E-state index in [1.165, 1.54) is 97.8 Å². The number of hydrogen-bond acceptors (Lipinski definition) is 4. The minimum atomic E-state index is -0.109. The van der Waals surface area contributed by atoms with Gasteiger partial charge < -0.3 is 14.7 Å². The summed E-state index contributed by atoms with van der Waals surface area (Å²) in [5, 5.41) is 6.11. The van der Waals surface area contributed by atoms with Gasteiger partial charge in [-0.1, -0.05) is 220 Å². The Balaban J connectivity index is 1.13. The minimum Gasteiger partial charge on any atom is -0.311 e. The maximum atomic E-state index is 2.63. The zero-order valence-electron chi connectivity index (χ0n) is 47.8. The maximum Gasteiger partial charge on any atom is 0.264 e. The summed E-state index contributed by atoms with van der Waals surface area (Å²) < 4.78 is 2.65. The molecular weight excluding hydrogens is 998 g/mol. The molecule has 0 atom stereocenters. The van der Waals surface area contributed by atoms with E-state index in [4.69, 9.17) is 0 Å². The zero-order chi connectivity index (χ0) is 55.5. The van der Waals surface area contributed by atoms with E-state index in [0.29, 0.717) is 0 Å². The quantitative estimate of drug-likeness (QED) is 0.147. The molecule has 0 saturated carbocycles. The molecule has 12 aromatic rings. The summed E-state index contributed by atoms with van der Waals surface area (Å²) in [6, 6.07) is 89.8. The van der Waals surface area contributed by atoms with Gasteiger partial charge in [-0.15, -0.1) is 11.3 Å². The fourth-order valence-electron chi connectivity index (χ4n) is 12.6. The molecule has 394 valence electrons.